The fourth-order valence-electron chi connectivity index (χ4n) is 1.88. The molecule has 0 heterocycles. The number of amides is 1. The Morgan fingerprint density at radius 3 is 1.96 bits per heavy atom. The number of rotatable bonds is 17. The van der Waals surface area contributed by atoms with Gasteiger partial charge in [0.2, 0.25) is 5.91 Å². The van der Waals surface area contributed by atoms with Crippen LogP contribution in [0.1, 0.15) is 20.3 Å². The molecule has 0 radical (unpaired) electrons. The highest BCUT2D eigenvalue weighted by Gasteiger charge is 2.29. The van der Waals surface area contributed by atoms with Gasteiger partial charge in [-0.1, -0.05) is 13.8 Å². The van der Waals surface area contributed by atoms with E-state index in [-0.39, 0.29) is 31.4 Å². The summed E-state index contributed by atoms with van der Waals surface area (Å²) in [5, 5.41) is 3.36. The molecule has 0 saturated carbocycles. The van der Waals surface area contributed by atoms with Gasteiger partial charge >= 0.3 is 0 Å². The van der Waals surface area contributed by atoms with Gasteiger partial charge in [0.1, 0.15) is 5.78 Å². The van der Waals surface area contributed by atoms with Crippen LogP contribution in [0.25, 0.3) is 0 Å². The number of ether oxygens (including phenoxy) is 3. The van der Waals surface area contributed by atoms with E-state index < -0.39 is 21.3 Å². The van der Waals surface area contributed by atoms with Gasteiger partial charge in [-0.15, -0.1) is 0 Å². The first-order valence-electron chi connectivity index (χ1n) is 8.84. The van der Waals surface area contributed by atoms with Crippen molar-refractivity contribution in [1.29, 1.82) is 0 Å². The molecule has 10 nitrogen and oxygen atoms in total. The van der Waals surface area contributed by atoms with E-state index in [1.54, 1.807) is 0 Å². The van der Waals surface area contributed by atoms with E-state index in [2.05, 4.69) is 10.6 Å². The van der Waals surface area contributed by atoms with Crippen LogP contribution in [0.5, 0.6) is 0 Å². The van der Waals surface area contributed by atoms with Crippen LogP contribution >= 0.6 is 0 Å². The molecule has 1 unspecified atom stereocenters. The van der Waals surface area contributed by atoms with E-state index >= 15 is 0 Å². The van der Waals surface area contributed by atoms with Crippen LogP contribution in [0.15, 0.2) is 0 Å². The maximum absolute atomic E-state index is 11.7. The van der Waals surface area contributed by atoms with Crippen molar-refractivity contribution >= 4 is 21.8 Å². The number of ketones is 1. The molecule has 11 heteroatoms. The minimum Gasteiger partial charge on any atom is -0.379 e. The predicted octanol–water partition coefficient (Wildman–Crippen LogP) is -0.757. The molecule has 0 aromatic rings. The number of carbonyl (C=O) groups excluding carboxylic acids is 2. The molecule has 160 valence electrons. The number of hydrogen-bond donors (Lipinski definition) is 3. The molecule has 3 N–H and O–H groups in total. The van der Waals surface area contributed by atoms with E-state index in [1.807, 2.05) is 13.8 Å². The van der Waals surface area contributed by atoms with Gasteiger partial charge in [0, 0.05) is 25.4 Å². The third kappa shape index (κ3) is 13.7. The summed E-state index contributed by atoms with van der Waals surface area (Å²) >= 11 is 0. The topological polar surface area (TPSA) is 140 Å². The van der Waals surface area contributed by atoms with E-state index in [0.29, 0.717) is 39.5 Å². The third-order valence-electron chi connectivity index (χ3n) is 3.47. The summed E-state index contributed by atoms with van der Waals surface area (Å²) in [6, 6.07) is 0. The molecule has 1 atom stereocenters. The molecule has 1 amide bonds. The monoisotopic (exact) mass is 412 g/mol. The minimum absolute atomic E-state index is 0.0222. The lowest BCUT2D eigenvalue weighted by molar-refractivity contribution is -0.123. The number of Topliss-reactive ketones (excluding diaryl/α,β-unsaturated/α-hetero) is 1. The van der Waals surface area contributed by atoms with Crippen LogP contribution in [-0.4, -0.2) is 89.7 Å². The van der Waals surface area contributed by atoms with Gasteiger partial charge in [-0.2, -0.15) is 8.42 Å². The molecule has 0 aromatic carbocycles. The minimum atomic E-state index is -4.47. The van der Waals surface area contributed by atoms with Gasteiger partial charge in [0.05, 0.1) is 39.6 Å². The Morgan fingerprint density at radius 1 is 0.963 bits per heavy atom. The van der Waals surface area contributed by atoms with E-state index in [9.17, 15) is 18.0 Å². The first kappa shape index (κ1) is 25.9. The molecular weight excluding hydrogens is 380 g/mol. The van der Waals surface area contributed by atoms with Gasteiger partial charge in [-0.25, -0.2) is 0 Å². The predicted molar refractivity (Wildman–Crippen MR) is 99.2 cm³/mol. The zero-order valence-electron chi connectivity index (χ0n) is 16.2. The smallest absolute Gasteiger partial charge is 0.278 e. The highest BCUT2D eigenvalue weighted by molar-refractivity contribution is 7.87. The molecule has 0 aliphatic carbocycles. The van der Waals surface area contributed by atoms with Crippen LogP contribution in [-0.2, 0) is 33.9 Å². The fourth-order valence-corrected chi connectivity index (χ4v) is 2.61. The van der Waals surface area contributed by atoms with Crippen LogP contribution in [0.2, 0.25) is 0 Å². The molecular formula is C16H32N2O8S. The van der Waals surface area contributed by atoms with Gasteiger partial charge in [-0.05, 0) is 7.05 Å². The summed E-state index contributed by atoms with van der Waals surface area (Å²) in [6.45, 7) is 5.62. The van der Waals surface area contributed by atoms with Gasteiger partial charge in [0.15, 0.2) is 5.25 Å². The number of carbonyl (C=O) groups is 2. The van der Waals surface area contributed by atoms with Crippen molar-refractivity contribution in [3.8, 4) is 0 Å². The standard InChI is InChI=1S/C16H32N2O8S/c1-13(2)14(19)4-6-24-8-10-26-11-9-25-7-5-18-16(20)15(12-17-3)27(21,22)23/h13,15,17H,4-12H2,1-3H3,(H,18,20)(H,21,22,23). The zero-order chi connectivity index (χ0) is 20.7. The summed E-state index contributed by atoms with van der Waals surface area (Å²) in [7, 11) is -2.99. The second kappa shape index (κ2) is 14.9. The maximum Gasteiger partial charge on any atom is 0.278 e. The summed E-state index contributed by atoms with van der Waals surface area (Å²) in [5.74, 6) is -0.598. The van der Waals surface area contributed by atoms with E-state index in [4.69, 9.17) is 18.8 Å². The Bertz CT molecular complexity index is 525. The quantitative estimate of drug-likeness (QED) is 0.208. The Balaban J connectivity index is 3.57. The van der Waals surface area contributed by atoms with Crippen molar-refractivity contribution in [3.05, 3.63) is 0 Å². The molecule has 0 fully saturated rings. The summed E-state index contributed by atoms with van der Waals surface area (Å²) in [6.07, 6.45) is 0.402. The number of nitrogens with one attached hydrogen (secondary N) is 2. The van der Waals surface area contributed by atoms with Gasteiger partial charge in [-0.3, -0.25) is 14.1 Å². The molecule has 0 rings (SSSR count). The van der Waals surface area contributed by atoms with Gasteiger partial charge in [0.25, 0.3) is 10.1 Å². The zero-order valence-corrected chi connectivity index (χ0v) is 17.0. The fraction of sp³-hybridized carbons (Fsp3) is 0.875. The normalized spacial score (nSPS) is 12.9. The third-order valence-corrected chi connectivity index (χ3v) is 4.57. The van der Waals surface area contributed by atoms with Crippen LogP contribution in [0.3, 0.4) is 0 Å². The average molecular weight is 413 g/mol. The Hall–Kier alpha value is -1.11. The van der Waals surface area contributed by atoms with Crippen molar-refractivity contribution in [2.75, 3.05) is 59.8 Å². The SMILES string of the molecule is CNCC(C(=O)NCCOCCOCCOCCC(=O)C(C)C)S(=O)(=O)O. The van der Waals surface area contributed by atoms with Crippen LogP contribution < -0.4 is 10.6 Å². The average Bonchev–Trinajstić information content (AvgIpc) is 2.58. The lowest BCUT2D eigenvalue weighted by atomic mass is 10.1. The lowest BCUT2D eigenvalue weighted by Gasteiger charge is -2.13. The second-order valence-electron chi connectivity index (χ2n) is 6.06. The van der Waals surface area contributed by atoms with Crippen molar-refractivity contribution < 1.29 is 36.8 Å². The highest BCUT2D eigenvalue weighted by Crippen LogP contribution is 1.99. The number of hydrogen-bond acceptors (Lipinski definition) is 8. The molecule has 0 spiro atoms. The molecule has 27 heavy (non-hydrogen) atoms. The first-order chi connectivity index (χ1) is 12.7. The Labute approximate surface area is 161 Å². The summed E-state index contributed by atoms with van der Waals surface area (Å²) in [4.78, 5) is 23.1. The van der Waals surface area contributed by atoms with Crippen molar-refractivity contribution in [1.82, 2.24) is 10.6 Å². The molecule has 0 bridgehead atoms. The van der Waals surface area contributed by atoms with Crippen molar-refractivity contribution in [2.45, 2.75) is 25.5 Å². The van der Waals surface area contributed by atoms with Crippen LogP contribution in [0.4, 0.5) is 0 Å². The van der Waals surface area contributed by atoms with E-state index in [0.717, 1.165) is 0 Å². The lowest BCUT2D eigenvalue weighted by Crippen LogP contribution is -2.45. The Kier molecular flexibility index (Phi) is 14.3. The van der Waals surface area contributed by atoms with Crippen molar-refractivity contribution in [2.24, 2.45) is 5.92 Å². The molecule has 0 aromatic heterocycles. The van der Waals surface area contributed by atoms with Crippen LogP contribution in [0, 0.1) is 5.92 Å². The molecule has 0 aliphatic heterocycles. The summed E-state index contributed by atoms with van der Waals surface area (Å²) in [5.41, 5.74) is 0. The Morgan fingerprint density at radius 2 is 1.48 bits per heavy atom. The van der Waals surface area contributed by atoms with E-state index in [1.165, 1.54) is 7.05 Å². The largest absolute Gasteiger partial charge is 0.379 e. The highest BCUT2D eigenvalue weighted by atomic mass is 32.2. The molecule has 0 aliphatic rings. The maximum atomic E-state index is 11.7. The molecule has 0 saturated heterocycles. The summed E-state index contributed by atoms with van der Waals surface area (Å²) < 4.78 is 47.0. The second-order valence-corrected chi connectivity index (χ2v) is 7.66. The van der Waals surface area contributed by atoms with Gasteiger partial charge < -0.3 is 24.8 Å². The van der Waals surface area contributed by atoms with Crippen molar-refractivity contribution in [3.63, 3.8) is 0 Å². The first-order valence-corrected chi connectivity index (χ1v) is 10.3.